The van der Waals surface area contributed by atoms with Crippen LogP contribution < -0.4 is 9.64 Å². The summed E-state index contributed by atoms with van der Waals surface area (Å²) in [6.07, 6.45) is 4.25. The van der Waals surface area contributed by atoms with E-state index in [1.165, 1.54) is 11.3 Å². The Morgan fingerprint density at radius 2 is 2.14 bits per heavy atom. The van der Waals surface area contributed by atoms with Crippen LogP contribution in [0.3, 0.4) is 0 Å². The van der Waals surface area contributed by atoms with E-state index >= 15 is 0 Å². The van der Waals surface area contributed by atoms with Crippen LogP contribution in [0.2, 0.25) is 0 Å². The van der Waals surface area contributed by atoms with Crippen molar-refractivity contribution < 1.29 is 14.6 Å². The highest BCUT2D eigenvalue weighted by molar-refractivity contribution is 7.22. The van der Waals surface area contributed by atoms with Crippen LogP contribution in [-0.4, -0.2) is 58.7 Å². The van der Waals surface area contributed by atoms with Gasteiger partial charge in [-0.2, -0.15) is 0 Å². The largest absolute Gasteiger partial charge is 0.508 e. The van der Waals surface area contributed by atoms with Crippen molar-refractivity contribution in [2.75, 3.05) is 31.1 Å². The smallest absolute Gasteiger partial charge is 0.209 e. The first-order valence-corrected chi connectivity index (χ1v) is 9.13. The first-order valence-electron chi connectivity index (χ1n) is 8.31. The van der Waals surface area contributed by atoms with E-state index in [9.17, 15) is 9.90 Å². The molecule has 0 radical (unpaired) electrons. The SMILES string of the molecule is Cl.Cl.O=CN1CCN(c2nc3ccc(O)cc3s2)C(COc2cccnc2)C1. The number of carbonyl (C=O) groups is 1. The normalized spacial score (nSPS) is 16.2. The Balaban J connectivity index is 0.00000140. The molecule has 1 fully saturated rings. The van der Waals surface area contributed by atoms with Crippen LogP contribution in [0.5, 0.6) is 11.5 Å². The summed E-state index contributed by atoms with van der Waals surface area (Å²) in [6.45, 7) is 2.34. The molecule has 1 aromatic carbocycles. The lowest BCUT2D eigenvalue weighted by atomic mass is 10.2. The first kappa shape index (κ1) is 22.0. The number of pyridine rings is 1. The third kappa shape index (κ3) is 4.76. The predicted molar refractivity (Wildman–Crippen MR) is 114 cm³/mol. The average Bonchev–Trinajstić information content (AvgIpc) is 3.09. The average molecular weight is 443 g/mol. The summed E-state index contributed by atoms with van der Waals surface area (Å²) in [5.41, 5.74) is 0.854. The number of aromatic hydroxyl groups is 1. The lowest BCUT2D eigenvalue weighted by molar-refractivity contribution is -0.119. The number of piperazine rings is 1. The predicted octanol–water partition coefficient (Wildman–Crippen LogP) is 2.97. The molecule has 0 bridgehead atoms. The number of carbonyl (C=O) groups excluding carboxylic acids is 1. The summed E-state index contributed by atoms with van der Waals surface area (Å²) >= 11 is 1.53. The first-order chi connectivity index (χ1) is 12.7. The zero-order chi connectivity index (χ0) is 17.9. The van der Waals surface area contributed by atoms with Crippen LogP contribution in [0.4, 0.5) is 5.13 Å². The summed E-state index contributed by atoms with van der Waals surface area (Å²) < 4.78 is 6.81. The number of thiazole rings is 1. The maximum atomic E-state index is 11.2. The van der Waals surface area contributed by atoms with E-state index in [0.717, 1.165) is 21.8 Å². The molecule has 1 atom stereocenters. The number of hydrogen-bond acceptors (Lipinski definition) is 7. The van der Waals surface area contributed by atoms with Gasteiger partial charge in [0.05, 0.1) is 22.5 Å². The second-order valence-electron chi connectivity index (χ2n) is 6.10. The molecule has 1 unspecified atom stereocenters. The molecule has 4 rings (SSSR count). The van der Waals surface area contributed by atoms with Gasteiger partial charge in [-0.3, -0.25) is 9.78 Å². The van der Waals surface area contributed by atoms with Crippen molar-refractivity contribution in [1.29, 1.82) is 0 Å². The lowest BCUT2D eigenvalue weighted by Crippen LogP contribution is -2.55. The molecule has 0 saturated carbocycles. The number of ether oxygens (including phenoxy) is 1. The molecule has 0 spiro atoms. The highest BCUT2D eigenvalue weighted by atomic mass is 35.5. The van der Waals surface area contributed by atoms with E-state index < -0.39 is 0 Å². The van der Waals surface area contributed by atoms with E-state index in [1.54, 1.807) is 29.4 Å². The van der Waals surface area contributed by atoms with Crippen molar-refractivity contribution in [3.63, 3.8) is 0 Å². The second-order valence-corrected chi connectivity index (χ2v) is 7.10. The van der Waals surface area contributed by atoms with Gasteiger partial charge in [0.1, 0.15) is 18.1 Å². The zero-order valence-corrected chi connectivity index (χ0v) is 17.3. The molecule has 2 aromatic heterocycles. The van der Waals surface area contributed by atoms with Gasteiger partial charge in [0, 0.05) is 25.8 Å². The molecule has 1 N–H and O–H groups in total. The maximum Gasteiger partial charge on any atom is 0.209 e. The summed E-state index contributed by atoms with van der Waals surface area (Å²) in [5, 5.41) is 10.5. The number of phenols is 1. The van der Waals surface area contributed by atoms with Gasteiger partial charge >= 0.3 is 0 Å². The number of amides is 1. The molecule has 3 aromatic rings. The van der Waals surface area contributed by atoms with Crippen molar-refractivity contribution in [3.05, 3.63) is 42.7 Å². The van der Waals surface area contributed by atoms with Crippen LogP contribution in [0.25, 0.3) is 10.2 Å². The number of anilines is 1. The van der Waals surface area contributed by atoms with E-state index in [2.05, 4.69) is 9.88 Å². The fourth-order valence-corrected chi connectivity index (χ4v) is 4.11. The summed E-state index contributed by atoms with van der Waals surface area (Å²) in [4.78, 5) is 23.9. The fraction of sp³-hybridized carbons (Fsp3) is 0.278. The van der Waals surface area contributed by atoms with Crippen LogP contribution in [-0.2, 0) is 4.79 Å². The minimum Gasteiger partial charge on any atom is -0.508 e. The lowest BCUT2D eigenvalue weighted by Gasteiger charge is -2.39. The Hall–Kier alpha value is -2.29. The van der Waals surface area contributed by atoms with Gasteiger partial charge < -0.3 is 19.6 Å². The standard InChI is InChI=1S/C18H18N4O3S.2ClH/c23-12-21-6-7-22(13(10-21)11-25-15-2-1-5-19-9-15)18-20-16-4-3-14(24)8-17(16)26-18;;/h1-5,8-9,12-13,24H,6-7,10-11H2;2*1H. The molecule has 7 nitrogen and oxygen atoms in total. The zero-order valence-electron chi connectivity index (χ0n) is 14.8. The summed E-state index contributed by atoms with van der Waals surface area (Å²) in [7, 11) is 0. The highest BCUT2D eigenvalue weighted by Gasteiger charge is 2.29. The Morgan fingerprint density at radius 3 is 2.89 bits per heavy atom. The molecule has 28 heavy (non-hydrogen) atoms. The number of phenolic OH excluding ortho intramolecular Hbond substituents is 1. The van der Waals surface area contributed by atoms with Crippen LogP contribution in [0, 0.1) is 0 Å². The van der Waals surface area contributed by atoms with E-state index in [-0.39, 0.29) is 36.6 Å². The molecule has 0 aliphatic carbocycles. The van der Waals surface area contributed by atoms with Crippen LogP contribution in [0.1, 0.15) is 0 Å². The van der Waals surface area contributed by atoms with Gasteiger partial charge in [-0.05, 0) is 30.3 Å². The molecule has 1 saturated heterocycles. The molecule has 1 amide bonds. The van der Waals surface area contributed by atoms with Crippen molar-refractivity contribution in [1.82, 2.24) is 14.9 Å². The molecule has 10 heteroatoms. The number of rotatable bonds is 5. The molecular formula is C18H20Cl2N4O3S. The van der Waals surface area contributed by atoms with E-state index in [0.29, 0.717) is 32.0 Å². The number of fused-ring (bicyclic) bond motifs is 1. The fourth-order valence-electron chi connectivity index (χ4n) is 3.02. The Labute approximate surface area is 178 Å². The minimum absolute atomic E-state index is 0. The van der Waals surface area contributed by atoms with Gasteiger partial charge in [-0.15, -0.1) is 24.8 Å². The van der Waals surface area contributed by atoms with Crippen molar-refractivity contribution in [2.45, 2.75) is 6.04 Å². The summed E-state index contributed by atoms with van der Waals surface area (Å²) in [5.74, 6) is 0.930. The second kappa shape index (κ2) is 9.77. The number of aromatic nitrogens is 2. The van der Waals surface area contributed by atoms with Crippen molar-refractivity contribution in [3.8, 4) is 11.5 Å². The van der Waals surface area contributed by atoms with E-state index in [1.807, 2.05) is 18.2 Å². The van der Waals surface area contributed by atoms with Gasteiger partial charge in [0.25, 0.3) is 0 Å². The number of nitrogens with zero attached hydrogens (tertiary/aromatic N) is 4. The Kier molecular flexibility index (Phi) is 7.68. The number of benzene rings is 1. The van der Waals surface area contributed by atoms with Gasteiger partial charge in [0.15, 0.2) is 5.13 Å². The number of hydrogen-bond donors (Lipinski definition) is 1. The third-order valence-corrected chi connectivity index (χ3v) is 5.40. The van der Waals surface area contributed by atoms with Gasteiger partial charge in [0.2, 0.25) is 6.41 Å². The monoisotopic (exact) mass is 442 g/mol. The number of halogens is 2. The van der Waals surface area contributed by atoms with Crippen molar-refractivity contribution >= 4 is 57.9 Å². The molecule has 150 valence electrons. The molecule has 1 aliphatic rings. The summed E-state index contributed by atoms with van der Waals surface area (Å²) in [6, 6.07) is 8.85. The van der Waals surface area contributed by atoms with Crippen molar-refractivity contribution in [2.24, 2.45) is 0 Å². The van der Waals surface area contributed by atoms with Crippen LogP contribution >= 0.6 is 36.2 Å². The quantitative estimate of drug-likeness (QED) is 0.611. The van der Waals surface area contributed by atoms with E-state index in [4.69, 9.17) is 9.72 Å². The molecule has 1 aliphatic heterocycles. The third-order valence-electron chi connectivity index (χ3n) is 4.35. The van der Waals surface area contributed by atoms with Gasteiger partial charge in [-0.1, -0.05) is 11.3 Å². The minimum atomic E-state index is -0.0108. The molecule has 3 heterocycles. The Bertz CT molecular complexity index is 912. The van der Waals surface area contributed by atoms with Crippen LogP contribution in [0.15, 0.2) is 42.7 Å². The Morgan fingerprint density at radius 1 is 1.29 bits per heavy atom. The maximum absolute atomic E-state index is 11.2. The topological polar surface area (TPSA) is 78.8 Å². The molecular weight excluding hydrogens is 423 g/mol. The highest BCUT2D eigenvalue weighted by Crippen LogP contribution is 2.33. The van der Waals surface area contributed by atoms with Gasteiger partial charge in [-0.25, -0.2) is 4.98 Å².